The van der Waals surface area contributed by atoms with Crippen LogP contribution in [0.4, 0.5) is 5.69 Å². The maximum absolute atomic E-state index is 12.3. The van der Waals surface area contributed by atoms with E-state index in [4.69, 9.17) is 10.5 Å². The SMILES string of the molecule is CCOC(=O)CN(CC(C)C)C(=O)c1cc(N)c[nH]1. The highest BCUT2D eigenvalue weighted by Crippen LogP contribution is 2.10. The first kappa shape index (κ1) is 15.1. The van der Waals surface area contributed by atoms with Crippen molar-refractivity contribution >= 4 is 17.6 Å². The summed E-state index contributed by atoms with van der Waals surface area (Å²) in [5.74, 6) is -0.403. The zero-order valence-corrected chi connectivity index (χ0v) is 11.6. The fourth-order valence-corrected chi connectivity index (χ4v) is 1.73. The molecule has 1 amide bonds. The first-order chi connectivity index (χ1) is 8.93. The van der Waals surface area contributed by atoms with Gasteiger partial charge in [-0.05, 0) is 18.9 Å². The molecule has 0 bridgehead atoms. The van der Waals surface area contributed by atoms with Gasteiger partial charge < -0.3 is 20.4 Å². The minimum atomic E-state index is -0.406. The number of ether oxygens (including phenoxy) is 1. The standard InChI is InChI=1S/C13H21N3O3/c1-4-19-12(17)8-16(7-9(2)3)13(18)11-5-10(14)6-15-11/h5-6,9,15H,4,7-8,14H2,1-3H3. The molecule has 0 unspecified atom stereocenters. The lowest BCUT2D eigenvalue weighted by molar-refractivity contribution is -0.143. The molecule has 0 aromatic carbocycles. The molecule has 0 saturated heterocycles. The van der Waals surface area contributed by atoms with Crippen LogP contribution in [0.25, 0.3) is 0 Å². The summed E-state index contributed by atoms with van der Waals surface area (Å²) in [7, 11) is 0. The van der Waals surface area contributed by atoms with Gasteiger partial charge >= 0.3 is 5.97 Å². The lowest BCUT2D eigenvalue weighted by atomic mass is 10.2. The van der Waals surface area contributed by atoms with Crippen LogP contribution < -0.4 is 5.73 Å². The average Bonchev–Trinajstić information content (AvgIpc) is 2.73. The molecule has 0 spiro atoms. The van der Waals surface area contributed by atoms with Crippen molar-refractivity contribution in [3.8, 4) is 0 Å². The lowest BCUT2D eigenvalue weighted by Gasteiger charge is -2.23. The van der Waals surface area contributed by atoms with Gasteiger partial charge in [-0.3, -0.25) is 9.59 Å². The number of aromatic nitrogens is 1. The number of aromatic amines is 1. The van der Waals surface area contributed by atoms with E-state index in [2.05, 4.69) is 4.98 Å². The Morgan fingerprint density at radius 3 is 2.63 bits per heavy atom. The van der Waals surface area contributed by atoms with Gasteiger partial charge in [0.05, 0.1) is 6.61 Å². The molecule has 1 aromatic rings. The van der Waals surface area contributed by atoms with E-state index in [9.17, 15) is 9.59 Å². The van der Waals surface area contributed by atoms with Crippen molar-refractivity contribution in [3.63, 3.8) is 0 Å². The van der Waals surface area contributed by atoms with E-state index in [1.165, 1.54) is 4.90 Å². The number of nitrogens with two attached hydrogens (primary N) is 1. The van der Waals surface area contributed by atoms with Gasteiger partial charge in [0.1, 0.15) is 12.2 Å². The Bertz CT molecular complexity index is 440. The second kappa shape index (κ2) is 6.82. The number of hydrogen-bond acceptors (Lipinski definition) is 4. The maximum Gasteiger partial charge on any atom is 0.325 e. The molecular weight excluding hydrogens is 246 g/mol. The molecule has 0 aliphatic carbocycles. The van der Waals surface area contributed by atoms with E-state index in [0.29, 0.717) is 24.5 Å². The Kier molecular flexibility index (Phi) is 5.41. The zero-order valence-electron chi connectivity index (χ0n) is 11.6. The molecule has 6 heteroatoms. The highest BCUT2D eigenvalue weighted by Gasteiger charge is 2.21. The number of anilines is 1. The van der Waals surface area contributed by atoms with Crippen molar-refractivity contribution in [2.24, 2.45) is 5.92 Å². The normalized spacial score (nSPS) is 10.5. The Hall–Kier alpha value is -1.98. The van der Waals surface area contributed by atoms with E-state index in [0.717, 1.165) is 0 Å². The number of nitrogens with one attached hydrogen (secondary N) is 1. The van der Waals surface area contributed by atoms with Crippen LogP contribution in [0, 0.1) is 5.92 Å². The Morgan fingerprint density at radius 1 is 1.47 bits per heavy atom. The first-order valence-electron chi connectivity index (χ1n) is 6.32. The van der Waals surface area contributed by atoms with Crippen LogP contribution in [0.5, 0.6) is 0 Å². The van der Waals surface area contributed by atoms with Crippen molar-refractivity contribution < 1.29 is 14.3 Å². The lowest BCUT2D eigenvalue weighted by Crippen LogP contribution is -2.39. The summed E-state index contributed by atoms with van der Waals surface area (Å²) in [5, 5.41) is 0. The summed E-state index contributed by atoms with van der Waals surface area (Å²) >= 11 is 0. The number of hydrogen-bond donors (Lipinski definition) is 2. The highest BCUT2D eigenvalue weighted by molar-refractivity contribution is 5.95. The van der Waals surface area contributed by atoms with Gasteiger partial charge in [0.25, 0.3) is 5.91 Å². The summed E-state index contributed by atoms with van der Waals surface area (Å²) in [4.78, 5) is 28.1. The number of nitrogen functional groups attached to an aromatic ring is 1. The van der Waals surface area contributed by atoms with Gasteiger partial charge in [0, 0.05) is 18.4 Å². The van der Waals surface area contributed by atoms with Crippen molar-refractivity contribution in [2.75, 3.05) is 25.4 Å². The van der Waals surface area contributed by atoms with Crippen molar-refractivity contribution in [1.82, 2.24) is 9.88 Å². The molecule has 0 fully saturated rings. The van der Waals surface area contributed by atoms with Crippen LogP contribution in [0.15, 0.2) is 12.3 Å². The molecule has 1 heterocycles. The summed E-state index contributed by atoms with van der Waals surface area (Å²) in [6, 6.07) is 1.56. The van der Waals surface area contributed by atoms with Crippen molar-refractivity contribution in [2.45, 2.75) is 20.8 Å². The van der Waals surface area contributed by atoms with Gasteiger partial charge in [-0.1, -0.05) is 13.8 Å². The predicted molar refractivity (Wildman–Crippen MR) is 72.6 cm³/mol. The van der Waals surface area contributed by atoms with Crippen LogP contribution in [0.2, 0.25) is 0 Å². The fourth-order valence-electron chi connectivity index (χ4n) is 1.73. The summed E-state index contributed by atoms with van der Waals surface area (Å²) < 4.78 is 4.88. The third-order valence-corrected chi connectivity index (χ3v) is 2.43. The molecule has 106 valence electrons. The molecular formula is C13H21N3O3. The van der Waals surface area contributed by atoms with E-state index in [1.807, 2.05) is 13.8 Å². The number of esters is 1. The second-order valence-corrected chi connectivity index (χ2v) is 4.73. The van der Waals surface area contributed by atoms with Gasteiger partial charge in [0.15, 0.2) is 0 Å². The largest absolute Gasteiger partial charge is 0.465 e. The second-order valence-electron chi connectivity index (χ2n) is 4.73. The van der Waals surface area contributed by atoms with Crippen LogP contribution >= 0.6 is 0 Å². The molecule has 19 heavy (non-hydrogen) atoms. The van der Waals surface area contributed by atoms with E-state index in [-0.39, 0.29) is 18.4 Å². The summed E-state index contributed by atoms with van der Waals surface area (Å²) in [6.07, 6.45) is 1.55. The molecule has 0 aliphatic heterocycles. The molecule has 6 nitrogen and oxygen atoms in total. The number of amides is 1. The quantitative estimate of drug-likeness (QED) is 0.759. The van der Waals surface area contributed by atoms with E-state index >= 15 is 0 Å². The highest BCUT2D eigenvalue weighted by atomic mass is 16.5. The number of rotatable bonds is 6. The number of nitrogens with zero attached hydrogens (tertiary/aromatic N) is 1. The predicted octanol–water partition coefficient (Wildman–Crippen LogP) is 1.26. The Morgan fingerprint density at radius 2 is 2.16 bits per heavy atom. The fraction of sp³-hybridized carbons (Fsp3) is 0.538. The minimum absolute atomic E-state index is 0.0518. The van der Waals surface area contributed by atoms with Gasteiger partial charge in [-0.2, -0.15) is 0 Å². The topological polar surface area (TPSA) is 88.4 Å². The smallest absolute Gasteiger partial charge is 0.325 e. The van der Waals surface area contributed by atoms with Crippen molar-refractivity contribution in [1.29, 1.82) is 0 Å². The van der Waals surface area contributed by atoms with Crippen molar-refractivity contribution in [3.05, 3.63) is 18.0 Å². The number of carbonyl (C=O) groups excluding carboxylic acids is 2. The van der Waals surface area contributed by atoms with Gasteiger partial charge in [0.2, 0.25) is 0 Å². The molecule has 1 rings (SSSR count). The number of carbonyl (C=O) groups is 2. The molecule has 3 N–H and O–H groups in total. The van der Waals surface area contributed by atoms with Crippen LogP contribution in [-0.4, -0.2) is 41.5 Å². The molecule has 0 aliphatic rings. The van der Waals surface area contributed by atoms with Crippen LogP contribution in [0.1, 0.15) is 31.3 Å². The molecule has 0 saturated carbocycles. The first-order valence-corrected chi connectivity index (χ1v) is 6.32. The monoisotopic (exact) mass is 267 g/mol. The zero-order chi connectivity index (χ0) is 14.4. The van der Waals surface area contributed by atoms with Gasteiger partial charge in [-0.15, -0.1) is 0 Å². The average molecular weight is 267 g/mol. The Balaban J connectivity index is 2.78. The van der Waals surface area contributed by atoms with E-state index < -0.39 is 5.97 Å². The van der Waals surface area contributed by atoms with Crippen LogP contribution in [0.3, 0.4) is 0 Å². The third-order valence-electron chi connectivity index (χ3n) is 2.43. The summed E-state index contributed by atoms with van der Waals surface area (Å²) in [5.41, 5.74) is 6.44. The maximum atomic E-state index is 12.3. The molecule has 0 atom stereocenters. The molecule has 0 radical (unpaired) electrons. The van der Waals surface area contributed by atoms with Gasteiger partial charge in [-0.25, -0.2) is 0 Å². The Labute approximate surface area is 112 Å². The minimum Gasteiger partial charge on any atom is -0.465 e. The molecule has 1 aromatic heterocycles. The number of H-pyrrole nitrogens is 1. The third kappa shape index (κ3) is 4.65. The summed E-state index contributed by atoms with van der Waals surface area (Å²) in [6.45, 7) is 6.43. The van der Waals surface area contributed by atoms with Crippen LogP contribution in [-0.2, 0) is 9.53 Å². The van der Waals surface area contributed by atoms with E-state index in [1.54, 1.807) is 19.2 Å².